The zero-order chi connectivity index (χ0) is 22.0. The van der Waals surface area contributed by atoms with E-state index in [0.717, 1.165) is 0 Å². The van der Waals surface area contributed by atoms with Crippen LogP contribution in [0.15, 0.2) is 24.3 Å². The summed E-state index contributed by atoms with van der Waals surface area (Å²) < 4.78 is 0. The Morgan fingerprint density at radius 3 is 2.31 bits per heavy atom. The van der Waals surface area contributed by atoms with Gasteiger partial charge in [-0.3, -0.25) is 19.7 Å². The lowest BCUT2D eigenvalue weighted by molar-refractivity contribution is -0.384. The quantitative estimate of drug-likeness (QED) is 0.231. The van der Waals surface area contributed by atoms with Crippen molar-refractivity contribution in [1.82, 2.24) is 10.6 Å². The fourth-order valence-electron chi connectivity index (χ4n) is 2.66. The Balaban J connectivity index is 2.43. The number of carboxylic acid groups (broad SMARTS) is 1. The van der Waals surface area contributed by atoms with Gasteiger partial charge in [-0.15, -0.1) is 0 Å². The molecule has 0 aromatic heterocycles. The Bertz CT molecular complexity index is 720. The highest BCUT2D eigenvalue weighted by Crippen LogP contribution is 2.12. The van der Waals surface area contributed by atoms with Crippen molar-refractivity contribution >= 4 is 23.5 Å². The molecule has 0 aliphatic rings. The lowest BCUT2D eigenvalue weighted by atomic mass is 10.0. The second kappa shape index (κ2) is 11.7. The fraction of sp³-hybridized carbons (Fsp3) is 0.526. The largest absolute Gasteiger partial charge is 0.480 e. The predicted octanol–water partition coefficient (Wildman–Crippen LogP) is 1.44. The Morgan fingerprint density at radius 1 is 1.17 bits per heavy atom. The number of carbonyl (C=O) groups excluding carboxylic acids is 2. The molecule has 29 heavy (non-hydrogen) atoms. The second-order valence-electron chi connectivity index (χ2n) is 7.19. The van der Waals surface area contributed by atoms with E-state index < -0.39 is 28.9 Å². The number of hydrogen-bond acceptors (Lipinski definition) is 6. The number of benzene rings is 1. The number of aliphatic carboxylic acids is 1. The molecular formula is C19H28N4O6. The summed E-state index contributed by atoms with van der Waals surface area (Å²) in [7, 11) is 0. The molecule has 1 aromatic rings. The number of carboxylic acids is 1. The van der Waals surface area contributed by atoms with Crippen LogP contribution < -0.4 is 16.4 Å². The molecule has 2 atom stereocenters. The van der Waals surface area contributed by atoms with Crippen molar-refractivity contribution in [2.75, 3.05) is 6.54 Å². The molecular weight excluding hydrogens is 380 g/mol. The van der Waals surface area contributed by atoms with Gasteiger partial charge in [0.05, 0.1) is 11.0 Å². The first-order valence-corrected chi connectivity index (χ1v) is 9.43. The number of rotatable bonds is 12. The molecule has 0 radical (unpaired) electrons. The molecule has 0 saturated carbocycles. The smallest absolute Gasteiger partial charge is 0.326 e. The van der Waals surface area contributed by atoms with E-state index in [1.807, 2.05) is 13.8 Å². The highest BCUT2D eigenvalue weighted by Gasteiger charge is 2.21. The van der Waals surface area contributed by atoms with Gasteiger partial charge in [-0.25, -0.2) is 4.79 Å². The van der Waals surface area contributed by atoms with E-state index in [2.05, 4.69) is 10.6 Å². The van der Waals surface area contributed by atoms with E-state index >= 15 is 0 Å². The van der Waals surface area contributed by atoms with Crippen LogP contribution in [0.4, 0.5) is 5.69 Å². The Hall–Kier alpha value is -3.01. The van der Waals surface area contributed by atoms with Gasteiger partial charge in [-0.1, -0.05) is 13.8 Å². The lowest BCUT2D eigenvalue weighted by Crippen LogP contribution is -2.42. The van der Waals surface area contributed by atoms with Gasteiger partial charge in [-0.05, 0) is 43.7 Å². The van der Waals surface area contributed by atoms with E-state index in [1.165, 1.54) is 24.3 Å². The summed E-state index contributed by atoms with van der Waals surface area (Å²) in [6.45, 7) is 4.32. The third kappa shape index (κ3) is 8.69. The minimum Gasteiger partial charge on any atom is -0.480 e. The predicted molar refractivity (Wildman–Crippen MR) is 106 cm³/mol. The summed E-state index contributed by atoms with van der Waals surface area (Å²) in [5.74, 6) is -1.73. The highest BCUT2D eigenvalue weighted by molar-refractivity contribution is 5.96. The van der Waals surface area contributed by atoms with Crippen LogP contribution in [-0.4, -0.2) is 46.4 Å². The summed E-state index contributed by atoms with van der Waals surface area (Å²) >= 11 is 0. The van der Waals surface area contributed by atoms with E-state index in [-0.39, 0.29) is 23.6 Å². The molecule has 0 aliphatic heterocycles. The third-order valence-corrected chi connectivity index (χ3v) is 4.22. The number of amides is 2. The van der Waals surface area contributed by atoms with Gasteiger partial charge < -0.3 is 21.5 Å². The Kier molecular flexibility index (Phi) is 9.73. The van der Waals surface area contributed by atoms with Gasteiger partial charge in [0.2, 0.25) is 5.91 Å². The number of nitro groups is 1. The monoisotopic (exact) mass is 408 g/mol. The van der Waals surface area contributed by atoms with Crippen LogP contribution in [0.5, 0.6) is 0 Å². The standard InChI is InChI=1S/C19H28N4O6/c1-12(2)11-15(20)18(25)21-10-4-3-5-16(19(26)27)22-17(24)13-6-8-14(9-7-13)23(28)29/h6-9,12,15-16H,3-5,10-11,20H2,1-2H3,(H,21,25)(H,22,24)(H,26,27)/t15-,16-/m0/s1. The average molecular weight is 408 g/mol. The second-order valence-corrected chi connectivity index (χ2v) is 7.19. The summed E-state index contributed by atoms with van der Waals surface area (Å²) in [4.78, 5) is 45.4. The van der Waals surface area contributed by atoms with Crippen LogP contribution in [0.1, 0.15) is 49.9 Å². The number of nitrogens with zero attached hydrogens (tertiary/aromatic N) is 1. The molecule has 1 rings (SSSR count). The van der Waals surface area contributed by atoms with Crippen molar-refractivity contribution in [3.63, 3.8) is 0 Å². The number of non-ortho nitro benzene ring substituents is 1. The fourth-order valence-corrected chi connectivity index (χ4v) is 2.66. The Labute approximate surface area is 169 Å². The number of nitrogens with two attached hydrogens (primary N) is 1. The minimum atomic E-state index is -1.18. The van der Waals surface area contributed by atoms with Crippen molar-refractivity contribution in [2.24, 2.45) is 11.7 Å². The number of nitro benzene ring substituents is 1. The zero-order valence-electron chi connectivity index (χ0n) is 16.6. The molecule has 10 heteroatoms. The SMILES string of the molecule is CC(C)C[C@H](N)C(=O)NCCCC[C@H](NC(=O)c1ccc([N+](=O)[O-])cc1)C(=O)O. The number of carbonyl (C=O) groups is 3. The van der Waals surface area contributed by atoms with E-state index in [1.54, 1.807) is 0 Å². The van der Waals surface area contributed by atoms with E-state index in [9.17, 15) is 29.6 Å². The molecule has 2 amide bonds. The van der Waals surface area contributed by atoms with Crippen LogP contribution in [0, 0.1) is 16.0 Å². The van der Waals surface area contributed by atoms with Crippen molar-refractivity contribution in [3.05, 3.63) is 39.9 Å². The van der Waals surface area contributed by atoms with Gasteiger partial charge in [0, 0.05) is 24.2 Å². The molecule has 160 valence electrons. The summed E-state index contributed by atoms with van der Waals surface area (Å²) in [5.41, 5.74) is 5.75. The number of unbranched alkanes of at least 4 members (excludes halogenated alkanes) is 1. The summed E-state index contributed by atoms with van der Waals surface area (Å²) in [6.07, 6.45) is 1.78. The third-order valence-electron chi connectivity index (χ3n) is 4.22. The molecule has 0 saturated heterocycles. The normalized spacial score (nSPS) is 12.8. The molecule has 0 fully saturated rings. The topological polar surface area (TPSA) is 165 Å². The summed E-state index contributed by atoms with van der Waals surface area (Å²) in [5, 5.41) is 25.1. The maximum atomic E-state index is 12.2. The van der Waals surface area contributed by atoms with Crippen LogP contribution in [-0.2, 0) is 9.59 Å². The van der Waals surface area contributed by atoms with Crippen molar-refractivity contribution in [2.45, 2.75) is 51.6 Å². The molecule has 1 aromatic carbocycles. The van der Waals surface area contributed by atoms with Crippen molar-refractivity contribution < 1.29 is 24.4 Å². The first-order chi connectivity index (χ1) is 13.6. The Morgan fingerprint density at radius 2 is 1.79 bits per heavy atom. The van der Waals surface area contributed by atoms with Gasteiger partial charge in [-0.2, -0.15) is 0 Å². The molecule has 0 heterocycles. The van der Waals surface area contributed by atoms with E-state index in [4.69, 9.17) is 5.73 Å². The molecule has 0 bridgehead atoms. The number of hydrogen-bond donors (Lipinski definition) is 4. The van der Waals surface area contributed by atoms with Gasteiger partial charge in [0.25, 0.3) is 11.6 Å². The minimum absolute atomic E-state index is 0.133. The van der Waals surface area contributed by atoms with Crippen molar-refractivity contribution in [1.29, 1.82) is 0 Å². The highest BCUT2D eigenvalue weighted by atomic mass is 16.6. The first-order valence-electron chi connectivity index (χ1n) is 9.43. The maximum absolute atomic E-state index is 12.2. The van der Waals surface area contributed by atoms with E-state index in [0.29, 0.717) is 31.7 Å². The average Bonchev–Trinajstić information content (AvgIpc) is 2.65. The maximum Gasteiger partial charge on any atom is 0.326 e. The van der Waals surface area contributed by atoms with Crippen molar-refractivity contribution in [3.8, 4) is 0 Å². The van der Waals surface area contributed by atoms with Crippen LogP contribution in [0.25, 0.3) is 0 Å². The van der Waals surface area contributed by atoms with Crippen LogP contribution >= 0.6 is 0 Å². The first kappa shape index (κ1) is 24.0. The molecule has 0 unspecified atom stereocenters. The molecule has 0 spiro atoms. The van der Waals surface area contributed by atoms with Gasteiger partial charge >= 0.3 is 5.97 Å². The van der Waals surface area contributed by atoms with Crippen LogP contribution in [0.3, 0.4) is 0 Å². The summed E-state index contributed by atoms with van der Waals surface area (Å²) in [6, 6.07) is 3.22. The molecule has 0 aliphatic carbocycles. The van der Waals surface area contributed by atoms with Gasteiger partial charge in [0.1, 0.15) is 6.04 Å². The molecule has 5 N–H and O–H groups in total. The lowest BCUT2D eigenvalue weighted by Gasteiger charge is -2.16. The molecule has 10 nitrogen and oxygen atoms in total. The van der Waals surface area contributed by atoms with Crippen LogP contribution in [0.2, 0.25) is 0 Å². The number of nitrogens with one attached hydrogen (secondary N) is 2. The zero-order valence-corrected chi connectivity index (χ0v) is 16.6. The van der Waals surface area contributed by atoms with Gasteiger partial charge in [0.15, 0.2) is 0 Å².